The highest BCUT2D eigenvalue weighted by atomic mass is 32.2. The maximum atomic E-state index is 12.4. The van der Waals surface area contributed by atoms with Crippen molar-refractivity contribution in [1.29, 1.82) is 0 Å². The van der Waals surface area contributed by atoms with Gasteiger partial charge in [-0.05, 0) is 19.1 Å². The minimum atomic E-state index is -3.61. The second kappa shape index (κ2) is 5.22. The maximum Gasteiger partial charge on any atom is 0.244 e. The van der Waals surface area contributed by atoms with Crippen molar-refractivity contribution in [2.45, 2.75) is 18.4 Å². The summed E-state index contributed by atoms with van der Waals surface area (Å²) in [6.07, 6.45) is 1.49. The van der Waals surface area contributed by atoms with Crippen molar-refractivity contribution >= 4 is 21.1 Å². The van der Waals surface area contributed by atoms with Crippen molar-refractivity contribution in [3.05, 3.63) is 42.0 Å². The van der Waals surface area contributed by atoms with Gasteiger partial charge >= 0.3 is 0 Å². The molecule has 22 heavy (non-hydrogen) atoms. The Kier molecular flexibility index (Phi) is 3.50. The molecule has 116 valence electrons. The van der Waals surface area contributed by atoms with Gasteiger partial charge in [0, 0.05) is 20.3 Å². The first-order valence-electron chi connectivity index (χ1n) is 6.79. The summed E-state index contributed by atoms with van der Waals surface area (Å²) in [5.74, 6) is 0.659. The summed E-state index contributed by atoms with van der Waals surface area (Å²) in [4.78, 5) is 4.64. The minimum absolute atomic E-state index is 0.127. The summed E-state index contributed by atoms with van der Waals surface area (Å²) >= 11 is 0. The quantitative estimate of drug-likeness (QED) is 0.780. The van der Waals surface area contributed by atoms with Crippen LogP contribution >= 0.6 is 0 Å². The van der Waals surface area contributed by atoms with Crippen LogP contribution in [0.15, 0.2) is 35.4 Å². The molecule has 3 aromatic rings. The topological polar surface area (TPSA) is 81.8 Å². The van der Waals surface area contributed by atoms with E-state index in [1.54, 1.807) is 14.0 Å². The zero-order chi connectivity index (χ0) is 15.9. The molecule has 0 amide bonds. The third kappa shape index (κ3) is 2.51. The number of sulfonamides is 1. The van der Waals surface area contributed by atoms with Gasteiger partial charge in [0.15, 0.2) is 0 Å². The van der Waals surface area contributed by atoms with E-state index in [4.69, 9.17) is 0 Å². The SMILES string of the molecule is Cc1nn(C)cc1S(=O)(=O)NCc1nc2ccccc2n1C. The van der Waals surface area contributed by atoms with Crippen LogP contribution in [0, 0.1) is 6.92 Å². The lowest BCUT2D eigenvalue weighted by Gasteiger charge is -2.06. The first kappa shape index (κ1) is 14.7. The largest absolute Gasteiger partial charge is 0.330 e. The highest BCUT2D eigenvalue weighted by Gasteiger charge is 2.20. The molecule has 3 rings (SSSR count). The van der Waals surface area contributed by atoms with Gasteiger partial charge in [-0.3, -0.25) is 4.68 Å². The van der Waals surface area contributed by atoms with E-state index in [9.17, 15) is 8.42 Å². The Labute approximate surface area is 128 Å². The van der Waals surface area contributed by atoms with Gasteiger partial charge in [-0.25, -0.2) is 18.1 Å². The molecule has 0 bridgehead atoms. The van der Waals surface area contributed by atoms with E-state index >= 15 is 0 Å². The van der Waals surface area contributed by atoms with Crippen LogP contribution in [0.1, 0.15) is 11.5 Å². The number of benzene rings is 1. The van der Waals surface area contributed by atoms with Crippen LogP contribution < -0.4 is 4.72 Å². The summed E-state index contributed by atoms with van der Waals surface area (Å²) in [7, 11) is -0.0479. The number of hydrogen-bond acceptors (Lipinski definition) is 4. The summed E-state index contributed by atoms with van der Waals surface area (Å²) in [5.41, 5.74) is 2.28. The van der Waals surface area contributed by atoms with Gasteiger partial charge in [0.25, 0.3) is 0 Å². The molecule has 1 aromatic carbocycles. The predicted octanol–water partition coefficient (Wildman–Crippen LogP) is 1.09. The molecule has 0 fully saturated rings. The van der Waals surface area contributed by atoms with Crippen molar-refractivity contribution in [3.63, 3.8) is 0 Å². The number of nitrogens with one attached hydrogen (secondary N) is 1. The lowest BCUT2D eigenvalue weighted by molar-refractivity contribution is 0.577. The standard InChI is InChI=1S/C14H17N5O2S/c1-10-13(9-18(2)17-10)22(20,21)15-8-14-16-11-6-4-5-7-12(11)19(14)3/h4-7,9,15H,8H2,1-3H3. The van der Waals surface area contributed by atoms with E-state index in [1.807, 2.05) is 35.9 Å². The summed E-state index contributed by atoms with van der Waals surface area (Å²) in [6, 6.07) is 7.68. The Morgan fingerprint density at radius 3 is 2.59 bits per heavy atom. The maximum absolute atomic E-state index is 12.4. The number of aryl methyl sites for hydroxylation is 3. The van der Waals surface area contributed by atoms with Crippen LogP contribution in [0.2, 0.25) is 0 Å². The molecule has 0 aliphatic carbocycles. The lowest BCUT2D eigenvalue weighted by Crippen LogP contribution is -2.25. The highest BCUT2D eigenvalue weighted by Crippen LogP contribution is 2.16. The van der Waals surface area contributed by atoms with Crippen LogP contribution in [0.3, 0.4) is 0 Å². The monoisotopic (exact) mass is 319 g/mol. The molecule has 8 heteroatoms. The first-order valence-corrected chi connectivity index (χ1v) is 8.27. The van der Waals surface area contributed by atoms with Crippen LogP contribution in [0.4, 0.5) is 0 Å². The molecule has 1 N–H and O–H groups in total. The molecule has 7 nitrogen and oxygen atoms in total. The molecule has 0 radical (unpaired) electrons. The smallest absolute Gasteiger partial charge is 0.244 e. The Hall–Kier alpha value is -2.19. The number of aromatic nitrogens is 4. The predicted molar refractivity (Wildman–Crippen MR) is 82.7 cm³/mol. The molecule has 0 unspecified atom stereocenters. The number of fused-ring (bicyclic) bond motifs is 1. The second-order valence-corrected chi connectivity index (χ2v) is 6.89. The van der Waals surface area contributed by atoms with Gasteiger partial charge in [0.1, 0.15) is 10.7 Å². The zero-order valence-electron chi connectivity index (χ0n) is 12.6. The van der Waals surface area contributed by atoms with Crippen LogP contribution in [0.5, 0.6) is 0 Å². The molecule has 0 aliphatic heterocycles. The van der Waals surface area contributed by atoms with Gasteiger partial charge in [-0.15, -0.1) is 0 Å². The van der Waals surface area contributed by atoms with Crippen molar-refractivity contribution < 1.29 is 8.42 Å². The first-order chi connectivity index (χ1) is 10.4. The number of rotatable bonds is 4. The van der Waals surface area contributed by atoms with Gasteiger partial charge in [0.05, 0.1) is 23.3 Å². The minimum Gasteiger partial charge on any atom is -0.330 e. The number of para-hydroxylation sites is 2. The normalized spacial score (nSPS) is 12.1. The van der Waals surface area contributed by atoms with Gasteiger partial charge in [0.2, 0.25) is 10.0 Å². The van der Waals surface area contributed by atoms with Crippen LogP contribution in [-0.4, -0.2) is 27.7 Å². The van der Waals surface area contributed by atoms with E-state index in [0.717, 1.165) is 11.0 Å². The number of hydrogen-bond donors (Lipinski definition) is 1. The molecule has 0 saturated carbocycles. The lowest BCUT2D eigenvalue weighted by atomic mass is 10.3. The summed E-state index contributed by atoms with van der Waals surface area (Å²) in [5, 5.41) is 4.06. The average Bonchev–Trinajstić information content (AvgIpc) is 2.98. The fraction of sp³-hybridized carbons (Fsp3) is 0.286. The third-order valence-electron chi connectivity index (χ3n) is 3.56. The van der Waals surface area contributed by atoms with E-state index in [2.05, 4.69) is 14.8 Å². The Morgan fingerprint density at radius 2 is 1.95 bits per heavy atom. The fourth-order valence-electron chi connectivity index (χ4n) is 2.43. The molecule has 2 aromatic heterocycles. The molecule has 0 aliphatic rings. The molecule has 2 heterocycles. The molecular weight excluding hydrogens is 302 g/mol. The molecule has 0 spiro atoms. The van der Waals surface area contributed by atoms with Gasteiger partial charge < -0.3 is 4.57 Å². The van der Waals surface area contributed by atoms with Gasteiger partial charge in [-0.2, -0.15) is 5.10 Å². The summed E-state index contributed by atoms with van der Waals surface area (Å²) < 4.78 is 30.7. The Balaban J connectivity index is 1.87. The van der Waals surface area contributed by atoms with Crippen molar-refractivity contribution in [2.75, 3.05) is 0 Å². The number of nitrogens with zero attached hydrogens (tertiary/aromatic N) is 4. The van der Waals surface area contributed by atoms with E-state index in [-0.39, 0.29) is 11.4 Å². The van der Waals surface area contributed by atoms with E-state index < -0.39 is 10.0 Å². The van der Waals surface area contributed by atoms with Crippen molar-refractivity contribution in [3.8, 4) is 0 Å². The third-order valence-corrected chi connectivity index (χ3v) is 5.06. The number of imidazole rings is 1. The molecule has 0 atom stereocenters. The zero-order valence-corrected chi connectivity index (χ0v) is 13.4. The van der Waals surface area contributed by atoms with Crippen LogP contribution in [0.25, 0.3) is 11.0 Å². The average molecular weight is 319 g/mol. The second-order valence-electron chi connectivity index (χ2n) is 5.15. The fourth-order valence-corrected chi connectivity index (χ4v) is 3.63. The molecular formula is C14H17N5O2S. The van der Waals surface area contributed by atoms with Crippen molar-refractivity contribution in [1.82, 2.24) is 24.1 Å². The van der Waals surface area contributed by atoms with Crippen LogP contribution in [-0.2, 0) is 30.7 Å². The van der Waals surface area contributed by atoms with Gasteiger partial charge in [-0.1, -0.05) is 12.1 Å². The highest BCUT2D eigenvalue weighted by molar-refractivity contribution is 7.89. The van der Waals surface area contributed by atoms with Crippen molar-refractivity contribution in [2.24, 2.45) is 14.1 Å². The van der Waals surface area contributed by atoms with E-state index in [1.165, 1.54) is 10.9 Å². The Bertz CT molecular complexity index is 939. The Morgan fingerprint density at radius 1 is 1.23 bits per heavy atom. The summed E-state index contributed by atoms with van der Waals surface area (Å²) in [6.45, 7) is 1.80. The molecule has 0 saturated heterocycles. The van der Waals surface area contributed by atoms with E-state index in [0.29, 0.717) is 11.5 Å².